The second-order valence-electron chi connectivity index (χ2n) is 3.42. The number of thiocarbonyl (C=S) groups is 1. The molecular weight excluding hydrogens is 306 g/mol. The lowest BCUT2D eigenvalue weighted by molar-refractivity contribution is 0.0702. The first-order chi connectivity index (χ1) is 7.75. The quantitative estimate of drug-likeness (QED) is 0.582. The molecule has 1 aliphatic rings. The summed E-state index contributed by atoms with van der Waals surface area (Å²) in [5.74, 6) is 0. The molecule has 16 heavy (non-hydrogen) atoms. The Labute approximate surface area is 113 Å². The van der Waals surface area contributed by atoms with Gasteiger partial charge in [0.05, 0.1) is 13.2 Å². The predicted molar refractivity (Wildman–Crippen MR) is 75.0 cm³/mol. The molecule has 0 spiro atoms. The summed E-state index contributed by atoms with van der Waals surface area (Å²) in [6, 6.07) is 8.21. The van der Waals surface area contributed by atoms with E-state index in [1.54, 1.807) is 11.8 Å². The minimum Gasteiger partial charge on any atom is -0.378 e. The molecule has 5 heteroatoms. The molecule has 2 rings (SSSR count). The van der Waals surface area contributed by atoms with Crippen molar-refractivity contribution in [2.45, 2.75) is 4.90 Å². The van der Waals surface area contributed by atoms with Gasteiger partial charge < -0.3 is 9.64 Å². The first-order valence-electron chi connectivity index (χ1n) is 5.06. The Morgan fingerprint density at radius 1 is 1.25 bits per heavy atom. The normalized spacial score (nSPS) is 16.2. The Morgan fingerprint density at radius 2 is 1.88 bits per heavy atom. The van der Waals surface area contributed by atoms with Crippen LogP contribution in [0.1, 0.15) is 0 Å². The number of morpholine rings is 1. The molecule has 1 aromatic rings. The number of ether oxygens (including phenoxy) is 1. The zero-order valence-electron chi connectivity index (χ0n) is 8.69. The van der Waals surface area contributed by atoms with E-state index in [4.69, 9.17) is 17.0 Å². The molecule has 86 valence electrons. The molecule has 0 aliphatic carbocycles. The summed E-state index contributed by atoms with van der Waals surface area (Å²) >= 11 is 10.5. The van der Waals surface area contributed by atoms with Crippen LogP contribution in [0.15, 0.2) is 33.6 Å². The van der Waals surface area contributed by atoms with Gasteiger partial charge in [0.25, 0.3) is 0 Å². The lowest BCUT2D eigenvalue weighted by atomic mass is 10.4. The Kier molecular flexibility index (Phi) is 4.64. The number of thioether (sulfide) groups is 1. The van der Waals surface area contributed by atoms with E-state index in [0.29, 0.717) is 0 Å². The molecule has 0 saturated carbocycles. The fourth-order valence-electron chi connectivity index (χ4n) is 1.41. The highest BCUT2D eigenvalue weighted by atomic mass is 79.9. The zero-order chi connectivity index (χ0) is 11.4. The molecule has 1 saturated heterocycles. The molecule has 1 fully saturated rings. The molecule has 0 amide bonds. The largest absolute Gasteiger partial charge is 0.378 e. The summed E-state index contributed by atoms with van der Waals surface area (Å²) in [6.45, 7) is 3.37. The maximum Gasteiger partial charge on any atom is 0.141 e. The van der Waals surface area contributed by atoms with Gasteiger partial charge in [0.1, 0.15) is 4.32 Å². The molecular formula is C11H12BrNOS2. The SMILES string of the molecule is S=C(Sc1ccc(Br)cc1)N1CCOCC1. The molecule has 0 N–H and O–H groups in total. The second-order valence-corrected chi connectivity index (χ2v) is 6.04. The third kappa shape index (κ3) is 3.45. The van der Waals surface area contributed by atoms with Gasteiger partial charge in [-0.15, -0.1) is 0 Å². The minimum atomic E-state index is 0.779. The van der Waals surface area contributed by atoms with E-state index in [9.17, 15) is 0 Å². The van der Waals surface area contributed by atoms with Crippen molar-refractivity contribution in [2.75, 3.05) is 26.3 Å². The summed E-state index contributed by atoms with van der Waals surface area (Å²) in [5.41, 5.74) is 0. The highest BCUT2D eigenvalue weighted by Crippen LogP contribution is 2.24. The van der Waals surface area contributed by atoms with Gasteiger partial charge in [-0.25, -0.2) is 0 Å². The standard InChI is InChI=1S/C11H12BrNOS2/c12-9-1-3-10(4-2-9)16-11(15)13-5-7-14-8-6-13/h1-4H,5-8H2. The summed E-state index contributed by atoms with van der Waals surface area (Å²) in [5, 5.41) is 0. The predicted octanol–water partition coefficient (Wildman–Crippen LogP) is 3.16. The number of nitrogens with zero attached hydrogens (tertiary/aromatic N) is 1. The number of hydrogen-bond donors (Lipinski definition) is 0. The molecule has 1 aromatic carbocycles. The average Bonchev–Trinajstić information content (AvgIpc) is 2.33. The van der Waals surface area contributed by atoms with Crippen LogP contribution in [0.5, 0.6) is 0 Å². The van der Waals surface area contributed by atoms with E-state index in [1.165, 1.54) is 4.90 Å². The number of benzene rings is 1. The Balaban J connectivity index is 1.93. The molecule has 0 radical (unpaired) electrons. The van der Waals surface area contributed by atoms with Crippen LogP contribution < -0.4 is 0 Å². The van der Waals surface area contributed by atoms with Crippen molar-refractivity contribution in [1.29, 1.82) is 0 Å². The Bertz CT molecular complexity index is 363. The van der Waals surface area contributed by atoms with Crippen molar-refractivity contribution < 1.29 is 4.74 Å². The van der Waals surface area contributed by atoms with Crippen molar-refractivity contribution >= 4 is 44.2 Å². The summed E-state index contributed by atoms with van der Waals surface area (Å²) in [6.07, 6.45) is 0. The molecule has 1 heterocycles. The fourth-order valence-corrected chi connectivity index (χ4v) is 2.93. The zero-order valence-corrected chi connectivity index (χ0v) is 11.9. The molecule has 0 aromatic heterocycles. The maximum absolute atomic E-state index is 5.41. The number of halogens is 1. The van der Waals surface area contributed by atoms with Crippen LogP contribution in [0.3, 0.4) is 0 Å². The van der Waals surface area contributed by atoms with Crippen molar-refractivity contribution in [3.63, 3.8) is 0 Å². The molecule has 0 bridgehead atoms. The first kappa shape index (κ1) is 12.4. The van der Waals surface area contributed by atoms with Crippen molar-refractivity contribution in [3.05, 3.63) is 28.7 Å². The van der Waals surface area contributed by atoms with Crippen LogP contribution >= 0.6 is 39.9 Å². The summed E-state index contributed by atoms with van der Waals surface area (Å²) < 4.78 is 7.33. The van der Waals surface area contributed by atoms with Gasteiger partial charge in [0, 0.05) is 22.5 Å². The average molecular weight is 318 g/mol. The van der Waals surface area contributed by atoms with Gasteiger partial charge in [0.15, 0.2) is 0 Å². The highest BCUT2D eigenvalue weighted by molar-refractivity contribution is 9.10. The van der Waals surface area contributed by atoms with E-state index in [1.807, 2.05) is 12.1 Å². The van der Waals surface area contributed by atoms with Gasteiger partial charge >= 0.3 is 0 Å². The third-order valence-electron chi connectivity index (χ3n) is 2.29. The maximum atomic E-state index is 5.41. The van der Waals surface area contributed by atoms with E-state index in [-0.39, 0.29) is 0 Å². The van der Waals surface area contributed by atoms with E-state index < -0.39 is 0 Å². The van der Waals surface area contributed by atoms with Crippen LogP contribution in [0.2, 0.25) is 0 Å². The Hall–Kier alpha value is -0.100. The molecule has 0 unspecified atom stereocenters. The van der Waals surface area contributed by atoms with Gasteiger partial charge in [-0.1, -0.05) is 39.9 Å². The Morgan fingerprint density at radius 3 is 2.50 bits per heavy atom. The monoisotopic (exact) mass is 317 g/mol. The van der Waals surface area contributed by atoms with Crippen molar-refractivity contribution in [1.82, 2.24) is 4.90 Å². The van der Waals surface area contributed by atoms with E-state index >= 15 is 0 Å². The van der Waals surface area contributed by atoms with Crippen LogP contribution in [-0.2, 0) is 4.74 Å². The summed E-state index contributed by atoms with van der Waals surface area (Å²) in [7, 11) is 0. The second kappa shape index (κ2) is 6.00. The van der Waals surface area contributed by atoms with Gasteiger partial charge in [-0.05, 0) is 24.3 Å². The van der Waals surface area contributed by atoms with Crippen LogP contribution in [0.4, 0.5) is 0 Å². The smallest absolute Gasteiger partial charge is 0.141 e. The van der Waals surface area contributed by atoms with Gasteiger partial charge in [0.2, 0.25) is 0 Å². The number of hydrogen-bond acceptors (Lipinski definition) is 3. The fraction of sp³-hybridized carbons (Fsp3) is 0.364. The molecule has 0 atom stereocenters. The highest BCUT2D eigenvalue weighted by Gasteiger charge is 2.14. The third-order valence-corrected chi connectivity index (χ3v) is 4.27. The lowest BCUT2D eigenvalue weighted by Crippen LogP contribution is -2.38. The van der Waals surface area contributed by atoms with Crippen LogP contribution in [-0.4, -0.2) is 35.5 Å². The first-order valence-corrected chi connectivity index (χ1v) is 7.07. The lowest BCUT2D eigenvalue weighted by Gasteiger charge is -2.28. The van der Waals surface area contributed by atoms with E-state index in [2.05, 4.69) is 33.0 Å². The number of rotatable bonds is 1. The molecule has 2 nitrogen and oxygen atoms in total. The minimum absolute atomic E-state index is 0.779. The van der Waals surface area contributed by atoms with E-state index in [0.717, 1.165) is 35.1 Å². The van der Waals surface area contributed by atoms with Crippen LogP contribution in [0.25, 0.3) is 0 Å². The van der Waals surface area contributed by atoms with Gasteiger partial charge in [-0.2, -0.15) is 0 Å². The van der Waals surface area contributed by atoms with Gasteiger partial charge in [-0.3, -0.25) is 0 Å². The van der Waals surface area contributed by atoms with Crippen molar-refractivity contribution in [3.8, 4) is 0 Å². The topological polar surface area (TPSA) is 12.5 Å². The van der Waals surface area contributed by atoms with Crippen LogP contribution in [0, 0.1) is 0 Å². The van der Waals surface area contributed by atoms with Crippen molar-refractivity contribution in [2.24, 2.45) is 0 Å². The molecule has 1 aliphatic heterocycles. The summed E-state index contributed by atoms with van der Waals surface area (Å²) in [4.78, 5) is 3.38.